The lowest BCUT2D eigenvalue weighted by Gasteiger charge is -2.23. The van der Waals surface area contributed by atoms with Crippen LogP contribution in [0, 0.1) is 0 Å². The van der Waals surface area contributed by atoms with Gasteiger partial charge in [-0.05, 0) is 37.3 Å². The maximum atomic E-state index is 11.6. The third kappa shape index (κ3) is 4.30. The van der Waals surface area contributed by atoms with Crippen LogP contribution >= 0.6 is 0 Å². The molecular formula is C18H22O3. The third-order valence-corrected chi connectivity index (χ3v) is 3.74. The van der Waals surface area contributed by atoms with Gasteiger partial charge in [-0.15, -0.1) is 0 Å². The minimum Gasteiger partial charge on any atom is -0.465 e. The fourth-order valence-corrected chi connectivity index (χ4v) is 2.51. The fraction of sp³-hybridized carbons (Fsp3) is 0.389. The SMILES string of the molecule is C/C=C(/C(=O)OC)C1=CCC(CCc2ccccc2)OC1. The van der Waals surface area contributed by atoms with Crippen molar-refractivity contribution in [3.8, 4) is 0 Å². The molecule has 1 unspecified atom stereocenters. The summed E-state index contributed by atoms with van der Waals surface area (Å²) in [7, 11) is 1.40. The van der Waals surface area contributed by atoms with Crippen molar-refractivity contribution < 1.29 is 14.3 Å². The molecule has 0 N–H and O–H groups in total. The molecule has 1 aromatic carbocycles. The summed E-state index contributed by atoms with van der Waals surface area (Å²) in [6, 6.07) is 10.4. The number of carbonyl (C=O) groups is 1. The van der Waals surface area contributed by atoms with Crippen molar-refractivity contribution in [3.63, 3.8) is 0 Å². The number of methoxy groups -OCH3 is 1. The first kappa shape index (κ1) is 15.5. The highest BCUT2D eigenvalue weighted by Crippen LogP contribution is 2.22. The largest absolute Gasteiger partial charge is 0.465 e. The van der Waals surface area contributed by atoms with Gasteiger partial charge in [-0.25, -0.2) is 4.79 Å². The summed E-state index contributed by atoms with van der Waals surface area (Å²) in [5, 5.41) is 0. The average molecular weight is 286 g/mol. The molecule has 0 amide bonds. The van der Waals surface area contributed by atoms with Gasteiger partial charge in [0, 0.05) is 0 Å². The normalized spacial score (nSPS) is 19.0. The molecule has 21 heavy (non-hydrogen) atoms. The van der Waals surface area contributed by atoms with Crippen LogP contribution in [0.2, 0.25) is 0 Å². The molecule has 3 nitrogen and oxygen atoms in total. The minimum absolute atomic E-state index is 0.227. The Morgan fingerprint density at radius 1 is 1.38 bits per heavy atom. The Kier molecular flexibility index (Phi) is 5.76. The molecule has 1 aliphatic rings. The molecule has 0 aromatic heterocycles. The highest BCUT2D eigenvalue weighted by atomic mass is 16.5. The quantitative estimate of drug-likeness (QED) is 0.614. The van der Waals surface area contributed by atoms with Gasteiger partial charge in [-0.3, -0.25) is 0 Å². The predicted molar refractivity (Wildman–Crippen MR) is 83.0 cm³/mol. The zero-order valence-corrected chi connectivity index (χ0v) is 12.7. The first-order chi connectivity index (χ1) is 10.2. The molecule has 0 fully saturated rings. The lowest BCUT2D eigenvalue weighted by molar-refractivity contribution is -0.135. The van der Waals surface area contributed by atoms with E-state index in [2.05, 4.69) is 30.3 Å². The van der Waals surface area contributed by atoms with Gasteiger partial charge in [0.05, 0.1) is 25.4 Å². The standard InChI is InChI=1S/C18H22O3/c1-3-17(18(19)20-2)15-10-12-16(21-13-15)11-9-14-7-5-4-6-8-14/h3-8,10,16H,9,11-13H2,1-2H3/b17-3+. The van der Waals surface area contributed by atoms with E-state index in [-0.39, 0.29) is 12.1 Å². The smallest absolute Gasteiger partial charge is 0.337 e. The minimum atomic E-state index is -0.296. The Labute approximate surface area is 126 Å². The number of rotatable bonds is 5. The Morgan fingerprint density at radius 3 is 2.71 bits per heavy atom. The van der Waals surface area contributed by atoms with E-state index in [1.807, 2.05) is 13.0 Å². The molecule has 0 aliphatic carbocycles. The summed E-state index contributed by atoms with van der Waals surface area (Å²) in [5.74, 6) is -0.296. The van der Waals surface area contributed by atoms with Crippen LogP contribution in [0.5, 0.6) is 0 Å². The van der Waals surface area contributed by atoms with Gasteiger partial charge in [0.25, 0.3) is 0 Å². The van der Waals surface area contributed by atoms with E-state index in [0.717, 1.165) is 24.8 Å². The van der Waals surface area contributed by atoms with E-state index in [0.29, 0.717) is 12.2 Å². The van der Waals surface area contributed by atoms with Crippen molar-refractivity contribution >= 4 is 5.97 Å². The van der Waals surface area contributed by atoms with E-state index in [9.17, 15) is 4.79 Å². The topological polar surface area (TPSA) is 35.5 Å². The fourth-order valence-electron chi connectivity index (χ4n) is 2.51. The van der Waals surface area contributed by atoms with E-state index in [1.165, 1.54) is 12.7 Å². The zero-order chi connectivity index (χ0) is 15.1. The number of allylic oxidation sites excluding steroid dienone is 1. The monoisotopic (exact) mass is 286 g/mol. The van der Waals surface area contributed by atoms with Gasteiger partial charge in [0.2, 0.25) is 0 Å². The highest BCUT2D eigenvalue weighted by molar-refractivity contribution is 5.93. The molecule has 1 aromatic rings. The van der Waals surface area contributed by atoms with Gasteiger partial charge in [-0.1, -0.05) is 42.5 Å². The van der Waals surface area contributed by atoms with Crippen molar-refractivity contribution in [1.29, 1.82) is 0 Å². The number of hydrogen-bond acceptors (Lipinski definition) is 3. The number of carbonyl (C=O) groups excluding carboxylic acids is 1. The maximum absolute atomic E-state index is 11.6. The Morgan fingerprint density at radius 2 is 2.14 bits per heavy atom. The Bertz CT molecular complexity index is 529. The molecule has 0 saturated heterocycles. The van der Waals surface area contributed by atoms with E-state index >= 15 is 0 Å². The highest BCUT2D eigenvalue weighted by Gasteiger charge is 2.20. The molecular weight excluding hydrogens is 264 g/mol. The molecule has 2 rings (SSSR count). The summed E-state index contributed by atoms with van der Waals surface area (Å²) in [6.45, 7) is 2.32. The van der Waals surface area contributed by atoms with Gasteiger partial charge < -0.3 is 9.47 Å². The van der Waals surface area contributed by atoms with Crippen molar-refractivity contribution in [1.82, 2.24) is 0 Å². The summed E-state index contributed by atoms with van der Waals surface area (Å²) < 4.78 is 10.7. The maximum Gasteiger partial charge on any atom is 0.337 e. The molecule has 0 radical (unpaired) electrons. The second-order valence-electron chi connectivity index (χ2n) is 5.12. The summed E-state index contributed by atoms with van der Waals surface area (Å²) >= 11 is 0. The number of benzene rings is 1. The van der Waals surface area contributed by atoms with Crippen LogP contribution < -0.4 is 0 Å². The zero-order valence-electron chi connectivity index (χ0n) is 12.7. The van der Waals surface area contributed by atoms with E-state index < -0.39 is 0 Å². The molecule has 3 heteroatoms. The van der Waals surface area contributed by atoms with Crippen LogP contribution in [0.25, 0.3) is 0 Å². The van der Waals surface area contributed by atoms with Crippen LogP contribution in [0.4, 0.5) is 0 Å². The van der Waals surface area contributed by atoms with E-state index in [4.69, 9.17) is 9.47 Å². The predicted octanol–water partition coefficient (Wildman–Crippen LogP) is 3.45. The van der Waals surface area contributed by atoms with Crippen LogP contribution in [-0.4, -0.2) is 25.8 Å². The number of aryl methyl sites for hydroxylation is 1. The Hall–Kier alpha value is -1.87. The number of ether oxygens (including phenoxy) is 2. The van der Waals surface area contributed by atoms with Crippen molar-refractivity contribution in [2.75, 3.05) is 13.7 Å². The van der Waals surface area contributed by atoms with Gasteiger partial charge in [0.1, 0.15) is 0 Å². The first-order valence-corrected chi connectivity index (χ1v) is 7.34. The van der Waals surface area contributed by atoms with Crippen LogP contribution in [0.3, 0.4) is 0 Å². The number of esters is 1. The van der Waals surface area contributed by atoms with Gasteiger partial charge >= 0.3 is 5.97 Å². The van der Waals surface area contributed by atoms with Gasteiger partial charge in [-0.2, -0.15) is 0 Å². The van der Waals surface area contributed by atoms with Crippen molar-refractivity contribution in [2.45, 2.75) is 32.3 Å². The first-order valence-electron chi connectivity index (χ1n) is 7.34. The molecule has 1 atom stereocenters. The van der Waals surface area contributed by atoms with Crippen LogP contribution in [0.1, 0.15) is 25.3 Å². The Balaban J connectivity index is 1.88. The third-order valence-electron chi connectivity index (χ3n) is 3.74. The summed E-state index contributed by atoms with van der Waals surface area (Å²) in [6.07, 6.45) is 6.97. The van der Waals surface area contributed by atoms with Crippen LogP contribution in [0.15, 0.2) is 53.6 Å². The summed E-state index contributed by atoms with van der Waals surface area (Å²) in [5.41, 5.74) is 2.87. The average Bonchev–Trinajstić information content (AvgIpc) is 2.55. The molecule has 1 aliphatic heterocycles. The summed E-state index contributed by atoms with van der Waals surface area (Å²) in [4.78, 5) is 11.6. The molecule has 0 spiro atoms. The van der Waals surface area contributed by atoms with Crippen molar-refractivity contribution in [3.05, 3.63) is 59.2 Å². The molecule has 1 heterocycles. The van der Waals surface area contributed by atoms with Gasteiger partial charge in [0.15, 0.2) is 0 Å². The lowest BCUT2D eigenvalue weighted by Crippen LogP contribution is -2.22. The van der Waals surface area contributed by atoms with E-state index in [1.54, 1.807) is 6.08 Å². The second kappa shape index (κ2) is 7.79. The molecule has 112 valence electrons. The van der Waals surface area contributed by atoms with Crippen molar-refractivity contribution in [2.24, 2.45) is 0 Å². The van der Waals surface area contributed by atoms with Crippen LogP contribution in [-0.2, 0) is 20.7 Å². The second-order valence-corrected chi connectivity index (χ2v) is 5.12. The molecule has 0 saturated carbocycles. The lowest BCUT2D eigenvalue weighted by atomic mass is 9.98. The molecule has 0 bridgehead atoms. The number of hydrogen-bond donors (Lipinski definition) is 0.